The third kappa shape index (κ3) is 7.81. The van der Waals surface area contributed by atoms with E-state index in [2.05, 4.69) is 20.5 Å². The molecule has 11 heteroatoms. The number of ether oxygens (including phenoxy) is 3. The average Bonchev–Trinajstić information content (AvgIpc) is 3.71. The quantitative estimate of drug-likeness (QED) is 0.430. The first-order valence-corrected chi connectivity index (χ1v) is 14.4. The van der Waals surface area contributed by atoms with Crippen LogP contribution in [0.2, 0.25) is 0 Å². The highest BCUT2D eigenvalue weighted by Crippen LogP contribution is 2.22. The van der Waals surface area contributed by atoms with Crippen LogP contribution in [-0.4, -0.2) is 67.2 Å². The molecule has 3 aliphatic rings. The number of hydrogen-bond donors (Lipinski definition) is 2. The Bertz CT molecular complexity index is 1180. The Morgan fingerprint density at radius 2 is 1.79 bits per heavy atom. The van der Waals surface area contributed by atoms with E-state index in [4.69, 9.17) is 14.2 Å². The molecule has 2 aromatic heterocycles. The molecule has 0 radical (unpaired) electrons. The number of anilines is 3. The first-order valence-electron chi connectivity index (χ1n) is 13.5. The SMILES string of the molecule is O=C(Nc1ccc(N2CCCC2)cc1)OC1COC1.O=C(Nc1nccs1)c1cccn1CC1CCOCC1. The van der Waals surface area contributed by atoms with Crippen molar-refractivity contribution in [2.75, 3.05) is 55.1 Å². The number of carbonyl (C=O) groups excluding carboxylic acids is 2. The molecule has 10 nitrogen and oxygen atoms in total. The highest BCUT2D eigenvalue weighted by atomic mass is 32.1. The Hall–Kier alpha value is -3.41. The standard InChI is InChI=1S/C14H17N3O2S.C14H18N2O3/c18-13(16-14-15-5-9-20-14)12-2-1-6-17(12)10-11-3-7-19-8-4-11;17-14(19-13-9-18-10-13)15-11-3-5-12(6-4-11)16-7-1-2-8-16/h1-2,5-6,9,11H,3-4,7-8,10H2,(H,15,16,18);3-6,13H,1-2,7-10H2,(H,15,17). The van der Waals surface area contributed by atoms with Crippen molar-refractivity contribution in [1.29, 1.82) is 0 Å². The summed E-state index contributed by atoms with van der Waals surface area (Å²) >= 11 is 1.42. The second kappa shape index (κ2) is 13.6. The summed E-state index contributed by atoms with van der Waals surface area (Å²) in [4.78, 5) is 30.2. The van der Waals surface area contributed by atoms with Gasteiger partial charge in [-0.3, -0.25) is 15.4 Å². The van der Waals surface area contributed by atoms with Crippen LogP contribution in [0.3, 0.4) is 0 Å². The van der Waals surface area contributed by atoms with Crippen LogP contribution in [0.1, 0.15) is 36.2 Å². The van der Waals surface area contributed by atoms with Crippen molar-refractivity contribution in [3.05, 3.63) is 59.9 Å². The van der Waals surface area contributed by atoms with Crippen molar-refractivity contribution < 1.29 is 23.8 Å². The van der Waals surface area contributed by atoms with Crippen LogP contribution < -0.4 is 15.5 Å². The van der Waals surface area contributed by atoms with E-state index in [0.717, 1.165) is 51.4 Å². The monoisotopic (exact) mass is 553 g/mol. The van der Waals surface area contributed by atoms with Gasteiger partial charge in [-0.2, -0.15) is 0 Å². The van der Waals surface area contributed by atoms with Crippen LogP contribution in [0, 0.1) is 5.92 Å². The minimum Gasteiger partial charge on any atom is -0.441 e. The molecule has 3 aliphatic heterocycles. The number of carbonyl (C=O) groups is 2. The fourth-order valence-corrected chi connectivity index (χ4v) is 5.27. The molecular formula is C28H35N5O5S. The van der Waals surface area contributed by atoms with Gasteiger partial charge in [-0.15, -0.1) is 11.3 Å². The van der Waals surface area contributed by atoms with Crippen molar-refractivity contribution in [3.63, 3.8) is 0 Å². The largest absolute Gasteiger partial charge is 0.441 e. The molecule has 2 amide bonds. The third-order valence-corrected chi connectivity index (χ3v) is 7.67. The Balaban J connectivity index is 0.000000158. The summed E-state index contributed by atoms with van der Waals surface area (Å²) in [6.45, 7) is 5.77. The van der Waals surface area contributed by atoms with Gasteiger partial charge in [0.15, 0.2) is 11.2 Å². The number of amides is 2. The van der Waals surface area contributed by atoms with Gasteiger partial charge in [0, 0.05) is 62.0 Å². The lowest BCUT2D eigenvalue weighted by Gasteiger charge is -2.25. The molecule has 1 aromatic carbocycles. The number of nitrogens with zero attached hydrogens (tertiary/aromatic N) is 3. The maximum absolute atomic E-state index is 12.2. The molecule has 3 aromatic rings. The Morgan fingerprint density at radius 3 is 2.46 bits per heavy atom. The second-order valence-corrected chi connectivity index (χ2v) is 10.7. The molecule has 0 unspecified atom stereocenters. The smallest absolute Gasteiger partial charge is 0.412 e. The molecule has 5 heterocycles. The molecule has 2 N–H and O–H groups in total. The Kier molecular flexibility index (Phi) is 9.47. The van der Waals surface area contributed by atoms with Gasteiger partial charge in [0.2, 0.25) is 0 Å². The topological polar surface area (TPSA) is 107 Å². The Morgan fingerprint density at radius 1 is 1.03 bits per heavy atom. The maximum Gasteiger partial charge on any atom is 0.412 e. The lowest BCUT2D eigenvalue weighted by molar-refractivity contribution is -0.0951. The summed E-state index contributed by atoms with van der Waals surface area (Å²) in [5.41, 5.74) is 2.66. The van der Waals surface area contributed by atoms with Gasteiger partial charge in [0.05, 0.1) is 13.2 Å². The predicted molar refractivity (Wildman–Crippen MR) is 151 cm³/mol. The van der Waals surface area contributed by atoms with Crippen molar-refractivity contribution in [3.8, 4) is 0 Å². The first kappa shape index (κ1) is 27.2. The highest BCUT2D eigenvalue weighted by molar-refractivity contribution is 7.13. The summed E-state index contributed by atoms with van der Waals surface area (Å²) in [6, 6.07) is 11.7. The summed E-state index contributed by atoms with van der Waals surface area (Å²) in [5, 5.41) is 8.03. The normalized spacial score (nSPS) is 17.6. The highest BCUT2D eigenvalue weighted by Gasteiger charge is 2.23. The lowest BCUT2D eigenvalue weighted by atomic mass is 10.0. The molecule has 0 aliphatic carbocycles. The molecule has 6 rings (SSSR count). The molecule has 0 saturated carbocycles. The number of thiazole rings is 1. The lowest BCUT2D eigenvalue weighted by Crippen LogP contribution is -2.38. The average molecular weight is 554 g/mol. The predicted octanol–water partition coefficient (Wildman–Crippen LogP) is 4.86. The third-order valence-electron chi connectivity index (χ3n) is 6.98. The molecule has 0 atom stereocenters. The summed E-state index contributed by atoms with van der Waals surface area (Å²) in [6.07, 6.45) is 7.78. The van der Waals surface area contributed by atoms with Gasteiger partial charge in [-0.25, -0.2) is 9.78 Å². The second-order valence-electron chi connectivity index (χ2n) is 9.82. The van der Waals surface area contributed by atoms with E-state index < -0.39 is 6.09 Å². The van der Waals surface area contributed by atoms with Crippen LogP contribution >= 0.6 is 11.3 Å². The van der Waals surface area contributed by atoms with E-state index >= 15 is 0 Å². The van der Waals surface area contributed by atoms with Crippen molar-refractivity contribution in [2.24, 2.45) is 5.92 Å². The number of benzene rings is 1. The molecule has 39 heavy (non-hydrogen) atoms. The van der Waals surface area contributed by atoms with E-state index in [1.807, 2.05) is 52.5 Å². The van der Waals surface area contributed by atoms with Crippen LogP contribution in [0.15, 0.2) is 54.2 Å². The van der Waals surface area contributed by atoms with Gasteiger partial charge >= 0.3 is 6.09 Å². The molecule has 3 fully saturated rings. The van der Waals surface area contributed by atoms with Gasteiger partial charge in [0.1, 0.15) is 5.69 Å². The fourth-order valence-electron chi connectivity index (χ4n) is 4.74. The number of rotatable bonds is 7. The molecule has 208 valence electrons. The van der Waals surface area contributed by atoms with E-state index in [1.165, 1.54) is 29.9 Å². The number of nitrogens with one attached hydrogen (secondary N) is 2. The van der Waals surface area contributed by atoms with Gasteiger partial charge < -0.3 is 23.7 Å². The molecule has 0 spiro atoms. The molecule has 3 saturated heterocycles. The number of hydrogen-bond acceptors (Lipinski definition) is 8. The maximum atomic E-state index is 12.2. The minimum absolute atomic E-state index is 0.0936. The van der Waals surface area contributed by atoms with Gasteiger partial charge in [-0.1, -0.05) is 0 Å². The van der Waals surface area contributed by atoms with Gasteiger partial charge in [0.25, 0.3) is 5.91 Å². The van der Waals surface area contributed by atoms with E-state index in [1.54, 1.807) is 6.20 Å². The van der Waals surface area contributed by atoms with Crippen LogP contribution in [-0.2, 0) is 20.8 Å². The van der Waals surface area contributed by atoms with Crippen molar-refractivity contribution in [1.82, 2.24) is 9.55 Å². The number of aromatic nitrogens is 2. The summed E-state index contributed by atoms with van der Waals surface area (Å²) < 4.78 is 17.5. The zero-order valence-corrected chi connectivity index (χ0v) is 22.7. The minimum atomic E-state index is -0.415. The van der Waals surface area contributed by atoms with Crippen LogP contribution in [0.5, 0.6) is 0 Å². The van der Waals surface area contributed by atoms with Gasteiger partial charge in [-0.05, 0) is 68.0 Å². The van der Waals surface area contributed by atoms with Crippen LogP contribution in [0.4, 0.5) is 21.3 Å². The summed E-state index contributed by atoms with van der Waals surface area (Å²) in [7, 11) is 0. The summed E-state index contributed by atoms with van der Waals surface area (Å²) in [5.74, 6) is 0.486. The van der Waals surface area contributed by atoms with E-state index in [0.29, 0.717) is 30.0 Å². The fraction of sp³-hybridized carbons (Fsp3) is 0.464. The zero-order chi connectivity index (χ0) is 26.9. The van der Waals surface area contributed by atoms with E-state index in [-0.39, 0.29) is 12.0 Å². The van der Waals surface area contributed by atoms with Crippen molar-refractivity contribution in [2.45, 2.75) is 38.3 Å². The van der Waals surface area contributed by atoms with Crippen molar-refractivity contribution >= 4 is 39.8 Å². The van der Waals surface area contributed by atoms with Crippen LogP contribution in [0.25, 0.3) is 0 Å². The molecule has 0 bridgehead atoms. The molecular weight excluding hydrogens is 518 g/mol. The Labute approximate surface area is 232 Å². The zero-order valence-electron chi connectivity index (χ0n) is 21.9. The first-order chi connectivity index (χ1) is 19.1. The van der Waals surface area contributed by atoms with E-state index in [9.17, 15) is 9.59 Å².